The van der Waals surface area contributed by atoms with Gasteiger partial charge in [0.25, 0.3) is 5.91 Å². The number of benzene rings is 3. The number of rotatable bonds is 10. The quantitative estimate of drug-likeness (QED) is 0.298. The van der Waals surface area contributed by atoms with Crippen molar-refractivity contribution in [2.45, 2.75) is 12.5 Å². The van der Waals surface area contributed by atoms with Crippen LogP contribution in [0.1, 0.15) is 16.8 Å². The molecule has 0 saturated carbocycles. The smallest absolute Gasteiger partial charge is 0.320 e. The van der Waals surface area contributed by atoms with E-state index in [1.165, 1.54) is 7.11 Å². The van der Waals surface area contributed by atoms with Crippen molar-refractivity contribution in [3.63, 3.8) is 0 Å². The molecule has 4 rings (SSSR count). The van der Waals surface area contributed by atoms with Gasteiger partial charge in [-0.25, -0.2) is 0 Å². The third-order valence-electron chi connectivity index (χ3n) is 5.37. The summed E-state index contributed by atoms with van der Waals surface area (Å²) in [6.07, 6.45) is 1.76. The predicted molar refractivity (Wildman–Crippen MR) is 135 cm³/mol. The molecular weight excluding hydrogens is 462 g/mol. The predicted octanol–water partition coefficient (Wildman–Crippen LogP) is 4.47. The van der Waals surface area contributed by atoms with Crippen LogP contribution in [-0.2, 0) is 4.79 Å². The first-order valence-corrected chi connectivity index (χ1v) is 11.2. The zero-order valence-electron chi connectivity index (χ0n) is 19.5. The standard InChI is InChI=1S/C27H25N3O6/c1-34-24-15-20-22(16-25(24)35-14-12-21(28)27(32)33)29-13-11-23(20)36-19-9-7-18(8-10-19)30-26(31)17-5-3-2-4-6-17/h2-11,13,15-16,21H,12,14,28H2,1H3,(H,30,31)(H,32,33). The summed E-state index contributed by atoms with van der Waals surface area (Å²) >= 11 is 0. The molecule has 0 aliphatic heterocycles. The maximum Gasteiger partial charge on any atom is 0.320 e. The Morgan fingerprint density at radius 2 is 1.75 bits per heavy atom. The van der Waals surface area contributed by atoms with Crippen molar-refractivity contribution in [2.24, 2.45) is 5.73 Å². The van der Waals surface area contributed by atoms with Gasteiger partial charge >= 0.3 is 5.97 Å². The van der Waals surface area contributed by atoms with E-state index in [1.807, 2.05) is 18.2 Å². The number of carboxylic acid groups (broad SMARTS) is 1. The fraction of sp³-hybridized carbons (Fsp3) is 0.148. The van der Waals surface area contributed by atoms with Crippen molar-refractivity contribution in [3.8, 4) is 23.0 Å². The van der Waals surface area contributed by atoms with Gasteiger partial charge in [-0.2, -0.15) is 0 Å². The van der Waals surface area contributed by atoms with Gasteiger partial charge < -0.3 is 30.4 Å². The lowest BCUT2D eigenvalue weighted by molar-refractivity contribution is -0.138. The van der Waals surface area contributed by atoms with Crippen LogP contribution < -0.4 is 25.3 Å². The van der Waals surface area contributed by atoms with Gasteiger partial charge in [0.05, 0.1) is 19.2 Å². The number of nitrogens with zero attached hydrogens (tertiary/aromatic N) is 1. The largest absolute Gasteiger partial charge is 0.493 e. The van der Waals surface area contributed by atoms with Crippen molar-refractivity contribution >= 4 is 28.5 Å². The van der Waals surface area contributed by atoms with Gasteiger partial charge in [-0.05, 0) is 48.5 Å². The minimum Gasteiger partial charge on any atom is -0.493 e. The number of anilines is 1. The van der Waals surface area contributed by atoms with Gasteiger partial charge in [-0.3, -0.25) is 14.6 Å². The molecule has 9 heteroatoms. The average molecular weight is 488 g/mol. The van der Waals surface area contributed by atoms with Crippen LogP contribution in [0.15, 0.2) is 79.0 Å². The van der Waals surface area contributed by atoms with Crippen LogP contribution in [0.4, 0.5) is 5.69 Å². The van der Waals surface area contributed by atoms with E-state index in [4.69, 9.17) is 25.1 Å². The maximum atomic E-state index is 12.3. The molecule has 1 atom stereocenters. The molecule has 0 aliphatic rings. The van der Waals surface area contributed by atoms with Gasteiger partial charge in [0.2, 0.25) is 0 Å². The first kappa shape index (κ1) is 24.5. The number of fused-ring (bicyclic) bond motifs is 1. The second-order valence-corrected chi connectivity index (χ2v) is 7.86. The van der Waals surface area contributed by atoms with Crippen LogP contribution in [0, 0.1) is 0 Å². The highest BCUT2D eigenvalue weighted by atomic mass is 16.5. The van der Waals surface area contributed by atoms with Gasteiger partial charge in [-0.15, -0.1) is 0 Å². The summed E-state index contributed by atoms with van der Waals surface area (Å²) in [5, 5.41) is 12.5. The second-order valence-electron chi connectivity index (χ2n) is 7.86. The number of ether oxygens (including phenoxy) is 3. The van der Waals surface area contributed by atoms with Crippen molar-refractivity contribution in [1.82, 2.24) is 4.98 Å². The van der Waals surface area contributed by atoms with E-state index in [-0.39, 0.29) is 18.9 Å². The van der Waals surface area contributed by atoms with Crippen molar-refractivity contribution < 1.29 is 28.9 Å². The highest BCUT2D eigenvalue weighted by Gasteiger charge is 2.15. The highest BCUT2D eigenvalue weighted by Crippen LogP contribution is 2.37. The van der Waals surface area contributed by atoms with Crippen LogP contribution in [-0.4, -0.2) is 41.7 Å². The van der Waals surface area contributed by atoms with E-state index < -0.39 is 12.0 Å². The lowest BCUT2D eigenvalue weighted by atomic mass is 10.1. The SMILES string of the molecule is COc1cc2c(Oc3ccc(NC(=O)c4ccccc4)cc3)ccnc2cc1OCCC(N)C(=O)O. The highest BCUT2D eigenvalue weighted by molar-refractivity contribution is 6.04. The summed E-state index contributed by atoms with van der Waals surface area (Å²) in [4.78, 5) is 27.6. The number of methoxy groups -OCH3 is 1. The molecule has 1 amide bonds. The zero-order chi connectivity index (χ0) is 25.5. The Bertz CT molecular complexity index is 1360. The fourth-order valence-electron chi connectivity index (χ4n) is 3.44. The molecule has 184 valence electrons. The van der Waals surface area contributed by atoms with Crippen molar-refractivity contribution in [3.05, 3.63) is 84.6 Å². The van der Waals surface area contributed by atoms with Crippen LogP contribution >= 0.6 is 0 Å². The third kappa shape index (κ3) is 5.89. The molecule has 9 nitrogen and oxygen atoms in total. The number of hydrogen-bond donors (Lipinski definition) is 3. The number of pyridine rings is 1. The number of aromatic nitrogens is 1. The van der Waals surface area contributed by atoms with Gasteiger partial charge in [0.1, 0.15) is 17.5 Å². The molecule has 0 saturated heterocycles. The molecule has 0 fully saturated rings. The van der Waals surface area contributed by atoms with Crippen molar-refractivity contribution in [2.75, 3.05) is 19.0 Å². The molecule has 36 heavy (non-hydrogen) atoms. The number of hydrogen-bond acceptors (Lipinski definition) is 7. The lowest BCUT2D eigenvalue weighted by Gasteiger charge is -2.15. The van der Waals surface area contributed by atoms with Crippen LogP contribution in [0.25, 0.3) is 10.9 Å². The second kappa shape index (κ2) is 11.2. The van der Waals surface area contributed by atoms with Crippen LogP contribution in [0.3, 0.4) is 0 Å². The first-order valence-electron chi connectivity index (χ1n) is 11.2. The molecule has 1 unspecified atom stereocenters. The van der Waals surface area contributed by atoms with E-state index >= 15 is 0 Å². The number of aliphatic carboxylic acids is 1. The molecule has 0 spiro atoms. The molecule has 0 radical (unpaired) electrons. The summed E-state index contributed by atoms with van der Waals surface area (Å²) in [6.45, 7) is 0.110. The van der Waals surface area contributed by atoms with Crippen molar-refractivity contribution in [1.29, 1.82) is 0 Å². The minimum atomic E-state index is -1.08. The maximum absolute atomic E-state index is 12.3. The average Bonchev–Trinajstić information content (AvgIpc) is 2.90. The number of nitrogens with one attached hydrogen (secondary N) is 1. The molecule has 0 bridgehead atoms. The topological polar surface area (TPSA) is 133 Å². The number of nitrogens with two attached hydrogens (primary N) is 1. The number of carbonyl (C=O) groups is 2. The van der Waals surface area contributed by atoms with Crippen LogP contribution in [0.5, 0.6) is 23.0 Å². The fourth-order valence-corrected chi connectivity index (χ4v) is 3.44. The lowest BCUT2D eigenvalue weighted by Crippen LogP contribution is -2.31. The molecule has 4 N–H and O–H groups in total. The van der Waals surface area contributed by atoms with Gasteiger partial charge in [0.15, 0.2) is 11.5 Å². The number of carbonyl (C=O) groups excluding carboxylic acids is 1. The molecular formula is C27H25N3O6. The van der Waals surface area contributed by atoms with E-state index in [0.29, 0.717) is 45.2 Å². The van der Waals surface area contributed by atoms with Gasteiger partial charge in [0, 0.05) is 35.3 Å². The molecule has 4 aromatic rings. The van der Waals surface area contributed by atoms with Gasteiger partial charge in [-0.1, -0.05) is 18.2 Å². The Morgan fingerprint density at radius 3 is 2.44 bits per heavy atom. The van der Waals surface area contributed by atoms with E-state index in [0.717, 1.165) is 0 Å². The monoisotopic (exact) mass is 487 g/mol. The molecule has 3 aromatic carbocycles. The number of amides is 1. The molecule has 0 aliphatic carbocycles. The Kier molecular flexibility index (Phi) is 7.62. The Labute approximate surface area is 207 Å². The van der Waals surface area contributed by atoms with E-state index in [1.54, 1.807) is 60.8 Å². The Balaban J connectivity index is 1.48. The van der Waals surface area contributed by atoms with Crippen LogP contribution in [0.2, 0.25) is 0 Å². The first-order chi connectivity index (χ1) is 17.4. The summed E-state index contributed by atoms with van der Waals surface area (Å²) in [6, 6.07) is 20.2. The normalized spacial score (nSPS) is 11.5. The zero-order valence-corrected chi connectivity index (χ0v) is 19.5. The third-order valence-corrected chi connectivity index (χ3v) is 5.37. The minimum absolute atomic E-state index is 0.110. The number of carboxylic acids is 1. The molecule has 1 aromatic heterocycles. The Hall–Kier alpha value is -4.63. The summed E-state index contributed by atoms with van der Waals surface area (Å²) in [5.41, 5.74) is 7.36. The van der Waals surface area contributed by atoms with E-state index in [9.17, 15) is 9.59 Å². The van der Waals surface area contributed by atoms with E-state index in [2.05, 4.69) is 10.3 Å². The summed E-state index contributed by atoms with van der Waals surface area (Å²) in [7, 11) is 1.51. The summed E-state index contributed by atoms with van der Waals surface area (Å²) in [5.74, 6) is 0.716. The molecule has 1 heterocycles. The summed E-state index contributed by atoms with van der Waals surface area (Å²) < 4.78 is 17.2. The Morgan fingerprint density at radius 1 is 1.00 bits per heavy atom.